The molecule has 0 spiro atoms. The Bertz CT molecular complexity index is 500. The summed E-state index contributed by atoms with van der Waals surface area (Å²) >= 11 is 0. The zero-order chi connectivity index (χ0) is 14.8. The van der Waals surface area contributed by atoms with Crippen LogP contribution in [0.5, 0.6) is 0 Å². The molecule has 0 saturated carbocycles. The SMILES string of the molecule is CN(CC(C)(C)CN)C(=O)Cc1ccc2c(c1)CCC2.Cl. The van der Waals surface area contributed by atoms with E-state index in [-0.39, 0.29) is 23.7 Å². The summed E-state index contributed by atoms with van der Waals surface area (Å²) in [6.07, 6.45) is 4.09. The van der Waals surface area contributed by atoms with Gasteiger partial charge in [0.2, 0.25) is 5.91 Å². The molecule has 1 aromatic carbocycles. The summed E-state index contributed by atoms with van der Waals surface area (Å²) in [4.78, 5) is 14.1. The van der Waals surface area contributed by atoms with Crippen LogP contribution in [-0.2, 0) is 24.1 Å². The molecule has 0 unspecified atom stereocenters. The maximum atomic E-state index is 12.3. The van der Waals surface area contributed by atoms with Crippen LogP contribution in [0.25, 0.3) is 0 Å². The van der Waals surface area contributed by atoms with E-state index >= 15 is 0 Å². The number of nitrogens with two attached hydrogens (primary N) is 1. The third kappa shape index (κ3) is 4.72. The minimum absolute atomic E-state index is 0. The molecule has 0 saturated heterocycles. The van der Waals surface area contributed by atoms with Crippen LogP contribution in [0.2, 0.25) is 0 Å². The number of hydrogen-bond donors (Lipinski definition) is 1. The van der Waals surface area contributed by atoms with Crippen LogP contribution in [0.1, 0.15) is 37.0 Å². The van der Waals surface area contributed by atoms with Gasteiger partial charge in [-0.2, -0.15) is 0 Å². The summed E-state index contributed by atoms with van der Waals surface area (Å²) in [7, 11) is 1.87. The highest BCUT2D eigenvalue weighted by Crippen LogP contribution is 2.23. The molecule has 1 aromatic rings. The number of fused-ring (bicyclic) bond motifs is 1. The highest BCUT2D eigenvalue weighted by atomic mass is 35.5. The second-order valence-electron chi connectivity index (χ2n) is 6.75. The fraction of sp³-hybridized carbons (Fsp3) is 0.588. The van der Waals surface area contributed by atoms with Gasteiger partial charge in [0.05, 0.1) is 6.42 Å². The monoisotopic (exact) mass is 310 g/mol. The lowest BCUT2D eigenvalue weighted by atomic mass is 9.93. The fourth-order valence-electron chi connectivity index (χ4n) is 2.84. The summed E-state index contributed by atoms with van der Waals surface area (Å²) in [5, 5.41) is 0. The summed E-state index contributed by atoms with van der Waals surface area (Å²) in [5.74, 6) is 0.171. The maximum absolute atomic E-state index is 12.3. The standard InChI is InChI=1S/C17H26N2O.ClH/c1-17(2,11-18)12-19(3)16(20)10-13-7-8-14-5-4-6-15(14)9-13;/h7-9H,4-6,10-12,18H2,1-3H3;1H. The Hall–Kier alpha value is -1.06. The number of hydrogen-bond acceptors (Lipinski definition) is 2. The Morgan fingerprint density at radius 2 is 1.95 bits per heavy atom. The molecule has 3 nitrogen and oxygen atoms in total. The van der Waals surface area contributed by atoms with Gasteiger partial charge in [-0.15, -0.1) is 12.4 Å². The molecule has 4 heteroatoms. The predicted molar refractivity (Wildman–Crippen MR) is 89.9 cm³/mol. The molecule has 1 amide bonds. The average molecular weight is 311 g/mol. The lowest BCUT2D eigenvalue weighted by Crippen LogP contribution is -2.40. The third-order valence-corrected chi connectivity index (χ3v) is 4.16. The Labute approximate surface area is 134 Å². The largest absolute Gasteiger partial charge is 0.345 e. The summed E-state index contributed by atoms with van der Waals surface area (Å²) in [6.45, 7) is 5.47. The molecular formula is C17H27ClN2O. The summed E-state index contributed by atoms with van der Waals surface area (Å²) in [6, 6.07) is 6.50. The van der Waals surface area contributed by atoms with Crippen molar-refractivity contribution in [3.8, 4) is 0 Å². The van der Waals surface area contributed by atoms with Gasteiger partial charge in [0.25, 0.3) is 0 Å². The quantitative estimate of drug-likeness (QED) is 0.908. The van der Waals surface area contributed by atoms with Crippen molar-refractivity contribution in [2.24, 2.45) is 11.1 Å². The van der Waals surface area contributed by atoms with Gasteiger partial charge in [-0.05, 0) is 47.9 Å². The zero-order valence-corrected chi connectivity index (χ0v) is 14.1. The van der Waals surface area contributed by atoms with Crippen LogP contribution in [-0.4, -0.2) is 30.9 Å². The van der Waals surface area contributed by atoms with Gasteiger partial charge in [0, 0.05) is 13.6 Å². The molecule has 0 atom stereocenters. The number of aryl methyl sites for hydroxylation is 2. The normalized spacial score (nSPS) is 13.5. The van der Waals surface area contributed by atoms with Gasteiger partial charge in [-0.3, -0.25) is 4.79 Å². The van der Waals surface area contributed by atoms with Crippen LogP contribution in [0.3, 0.4) is 0 Å². The number of rotatable bonds is 5. The third-order valence-electron chi connectivity index (χ3n) is 4.16. The highest BCUT2D eigenvalue weighted by molar-refractivity contribution is 5.85. The van der Waals surface area contributed by atoms with E-state index in [4.69, 9.17) is 5.73 Å². The Morgan fingerprint density at radius 1 is 1.29 bits per heavy atom. The average Bonchev–Trinajstić information content (AvgIpc) is 2.85. The zero-order valence-electron chi connectivity index (χ0n) is 13.3. The molecular weight excluding hydrogens is 284 g/mol. The fourth-order valence-corrected chi connectivity index (χ4v) is 2.84. The second kappa shape index (κ2) is 7.28. The summed E-state index contributed by atoms with van der Waals surface area (Å²) < 4.78 is 0. The van der Waals surface area contributed by atoms with Gasteiger partial charge < -0.3 is 10.6 Å². The molecule has 0 fully saturated rings. The van der Waals surface area contributed by atoms with Gasteiger partial charge in [-0.1, -0.05) is 32.0 Å². The van der Waals surface area contributed by atoms with E-state index in [0.717, 1.165) is 12.0 Å². The first-order valence-electron chi connectivity index (χ1n) is 7.46. The van der Waals surface area contributed by atoms with Gasteiger partial charge >= 0.3 is 0 Å². The van der Waals surface area contributed by atoms with Gasteiger partial charge in [0.1, 0.15) is 0 Å². The topological polar surface area (TPSA) is 46.3 Å². The maximum Gasteiger partial charge on any atom is 0.226 e. The number of benzene rings is 1. The van der Waals surface area contributed by atoms with Crippen molar-refractivity contribution >= 4 is 18.3 Å². The first kappa shape index (κ1) is 18.0. The van der Waals surface area contributed by atoms with E-state index in [1.54, 1.807) is 4.90 Å². The van der Waals surface area contributed by atoms with E-state index in [0.29, 0.717) is 19.5 Å². The van der Waals surface area contributed by atoms with Crippen molar-refractivity contribution in [1.29, 1.82) is 0 Å². The number of likely N-dealkylation sites (N-methyl/N-ethyl adjacent to an activating group) is 1. The van der Waals surface area contributed by atoms with Crippen LogP contribution in [0.4, 0.5) is 0 Å². The number of nitrogens with zero attached hydrogens (tertiary/aromatic N) is 1. The molecule has 118 valence electrons. The lowest BCUT2D eigenvalue weighted by Gasteiger charge is -2.29. The minimum atomic E-state index is -0.0255. The molecule has 2 rings (SSSR count). The van der Waals surface area contributed by atoms with Crippen molar-refractivity contribution in [2.45, 2.75) is 39.5 Å². The van der Waals surface area contributed by atoms with E-state index in [1.807, 2.05) is 7.05 Å². The van der Waals surface area contributed by atoms with Crippen LogP contribution < -0.4 is 5.73 Å². The second-order valence-corrected chi connectivity index (χ2v) is 6.75. The van der Waals surface area contributed by atoms with Gasteiger partial charge in [0.15, 0.2) is 0 Å². The molecule has 0 bridgehead atoms. The van der Waals surface area contributed by atoms with Crippen molar-refractivity contribution in [3.05, 3.63) is 34.9 Å². The molecule has 0 aliphatic heterocycles. The van der Waals surface area contributed by atoms with E-state index in [1.165, 1.54) is 24.0 Å². The van der Waals surface area contributed by atoms with Crippen molar-refractivity contribution < 1.29 is 4.79 Å². The van der Waals surface area contributed by atoms with Crippen LogP contribution in [0.15, 0.2) is 18.2 Å². The van der Waals surface area contributed by atoms with Crippen molar-refractivity contribution in [1.82, 2.24) is 4.90 Å². The van der Waals surface area contributed by atoms with E-state index in [2.05, 4.69) is 32.0 Å². The lowest BCUT2D eigenvalue weighted by molar-refractivity contribution is -0.130. The molecule has 2 N–H and O–H groups in total. The number of carbonyl (C=O) groups is 1. The molecule has 0 heterocycles. The molecule has 21 heavy (non-hydrogen) atoms. The van der Waals surface area contributed by atoms with Crippen LogP contribution in [0, 0.1) is 5.41 Å². The smallest absolute Gasteiger partial charge is 0.226 e. The molecule has 0 radical (unpaired) electrons. The molecule has 1 aliphatic carbocycles. The first-order valence-corrected chi connectivity index (χ1v) is 7.46. The molecule has 0 aromatic heterocycles. The Kier molecular flexibility index (Phi) is 6.24. The van der Waals surface area contributed by atoms with Gasteiger partial charge in [-0.25, -0.2) is 0 Å². The predicted octanol–water partition coefficient (Wildman–Crippen LogP) is 2.58. The highest BCUT2D eigenvalue weighted by Gasteiger charge is 2.21. The summed E-state index contributed by atoms with van der Waals surface area (Å²) in [5.41, 5.74) is 9.73. The molecule has 1 aliphatic rings. The van der Waals surface area contributed by atoms with E-state index in [9.17, 15) is 4.79 Å². The number of carbonyl (C=O) groups excluding carboxylic acids is 1. The van der Waals surface area contributed by atoms with Crippen molar-refractivity contribution in [2.75, 3.05) is 20.1 Å². The Morgan fingerprint density at radius 3 is 2.62 bits per heavy atom. The number of halogens is 1. The first-order chi connectivity index (χ1) is 9.41. The van der Waals surface area contributed by atoms with Crippen LogP contribution >= 0.6 is 12.4 Å². The number of amides is 1. The van der Waals surface area contributed by atoms with Crippen molar-refractivity contribution in [3.63, 3.8) is 0 Å². The minimum Gasteiger partial charge on any atom is -0.345 e. The van der Waals surface area contributed by atoms with E-state index < -0.39 is 0 Å². The Balaban J connectivity index is 0.00000220.